The molecule has 2 atom stereocenters. The van der Waals surface area contributed by atoms with Gasteiger partial charge in [0.1, 0.15) is 0 Å². The van der Waals surface area contributed by atoms with Gasteiger partial charge in [0.25, 0.3) is 5.91 Å². The van der Waals surface area contributed by atoms with Crippen molar-refractivity contribution in [3.63, 3.8) is 0 Å². The van der Waals surface area contributed by atoms with Crippen LogP contribution in [-0.4, -0.2) is 42.0 Å². The molecule has 2 fully saturated rings. The number of H-pyrrole nitrogens is 1. The lowest BCUT2D eigenvalue weighted by Gasteiger charge is -2.18. The van der Waals surface area contributed by atoms with E-state index in [9.17, 15) is 9.59 Å². The summed E-state index contributed by atoms with van der Waals surface area (Å²) < 4.78 is 0. The lowest BCUT2D eigenvalue weighted by atomic mass is 10.0. The molecule has 0 bridgehead atoms. The first kappa shape index (κ1) is 15.1. The molecule has 4 rings (SSSR count). The number of rotatable bonds is 1. The highest BCUT2D eigenvalue weighted by Gasteiger charge is 2.38. The highest BCUT2D eigenvalue weighted by Crippen LogP contribution is 2.28. The van der Waals surface area contributed by atoms with Gasteiger partial charge in [-0.05, 0) is 17.9 Å². The minimum Gasteiger partial charge on any atom is -0.338 e. The van der Waals surface area contributed by atoms with Crippen molar-refractivity contribution in [2.24, 2.45) is 11.8 Å². The first-order valence-electron chi connectivity index (χ1n) is 7.34. The van der Waals surface area contributed by atoms with Gasteiger partial charge in [-0.3, -0.25) is 9.59 Å². The average molecular weight is 320 g/mol. The topological polar surface area (TPSA) is 65.2 Å². The Morgan fingerprint density at radius 3 is 2.55 bits per heavy atom. The molecular weight excluding hydrogens is 302 g/mol. The number of carbonyl (C=O) groups is 1. The van der Waals surface area contributed by atoms with Crippen LogP contribution in [0.4, 0.5) is 0 Å². The summed E-state index contributed by atoms with van der Waals surface area (Å²) in [7, 11) is 0. The minimum atomic E-state index is -0.224. The molecule has 6 heteroatoms. The zero-order valence-electron chi connectivity index (χ0n) is 12.0. The van der Waals surface area contributed by atoms with E-state index in [1.54, 1.807) is 0 Å². The number of nitrogens with zero attached hydrogens (tertiary/aromatic N) is 1. The lowest BCUT2D eigenvalue weighted by molar-refractivity contribution is 0.0783. The maximum Gasteiger partial charge on any atom is 0.254 e. The standard InChI is InChI=1S/C16H17N3O2.ClH/c20-15-5-13(12-3-1-2-4-14(12)18-15)16(21)19-8-10-6-17-7-11(10)9-19;/h1-5,10-11,17H,6-9H2,(H,18,20);1H/t10-,11+;. The summed E-state index contributed by atoms with van der Waals surface area (Å²) >= 11 is 0. The fourth-order valence-electron chi connectivity index (χ4n) is 3.57. The van der Waals surface area contributed by atoms with Crippen molar-refractivity contribution in [3.8, 4) is 0 Å². The summed E-state index contributed by atoms with van der Waals surface area (Å²) in [5, 5.41) is 4.19. The fourth-order valence-corrected chi connectivity index (χ4v) is 3.57. The van der Waals surface area contributed by atoms with E-state index >= 15 is 0 Å². The number of likely N-dealkylation sites (tertiary alicyclic amines) is 1. The highest BCUT2D eigenvalue weighted by atomic mass is 35.5. The van der Waals surface area contributed by atoms with Gasteiger partial charge in [0.15, 0.2) is 0 Å². The van der Waals surface area contributed by atoms with Crippen LogP contribution in [0.1, 0.15) is 10.4 Å². The predicted octanol–water partition coefficient (Wildman–Crippen LogP) is 1.24. The number of amides is 1. The molecular formula is C16H18ClN3O2. The van der Waals surface area contributed by atoms with E-state index in [0.29, 0.717) is 17.4 Å². The van der Waals surface area contributed by atoms with Crippen molar-refractivity contribution in [3.05, 3.63) is 46.2 Å². The van der Waals surface area contributed by atoms with Crippen molar-refractivity contribution >= 4 is 29.2 Å². The number of hydrogen-bond donors (Lipinski definition) is 2. The smallest absolute Gasteiger partial charge is 0.254 e. The second-order valence-electron chi connectivity index (χ2n) is 5.98. The van der Waals surface area contributed by atoms with Crippen molar-refractivity contribution < 1.29 is 4.79 Å². The summed E-state index contributed by atoms with van der Waals surface area (Å²) in [6.07, 6.45) is 0. The molecule has 2 N–H and O–H groups in total. The average Bonchev–Trinajstić information content (AvgIpc) is 3.06. The van der Waals surface area contributed by atoms with E-state index < -0.39 is 0 Å². The normalized spacial score (nSPS) is 23.4. The highest BCUT2D eigenvalue weighted by molar-refractivity contribution is 6.06. The van der Waals surface area contributed by atoms with Crippen LogP contribution in [0, 0.1) is 11.8 Å². The molecule has 2 aliphatic rings. The quantitative estimate of drug-likeness (QED) is 0.831. The number of hydrogen-bond acceptors (Lipinski definition) is 3. The maximum atomic E-state index is 12.8. The molecule has 1 amide bonds. The Kier molecular flexibility index (Phi) is 3.93. The van der Waals surface area contributed by atoms with Gasteiger partial charge in [-0.2, -0.15) is 0 Å². The van der Waals surface area contributed by atoms with Crippen LogP contribution in [0.2, 0.25) is 0 Å². The van der Waals surface area contributed by atoms with E-state index in [0.717, 1.165) is 37.1 Å². The van der Waals surface area contributed by atoms with Crippen LogP contribution in [0.3, 0.4) is 0 Å². The summed E-state index contributed by atoms with van der Waals surface area (Å²) in [5.41, 5.74) is 1.01. The van der Waals surface area contributed by atoms with Crippen LogP contribution < -0.4 is 10.9 Å². The summed E-state index contributed by atoms with van der Waals surface area (Å²) in [6.45, 7) is 3.56. The largest absolute Gasteiger partial charge is 0.338 e. The SMILES string of the molecule is Cl.O=C(c1cc(=O)[nH]c2ccccc12)N1C[C@H]2CNC[C@H]2C1. The molecule has 0 saturated carbocycles. The second-order valence-corrected chi connectivity index (χ2v) is 5.98. The Hall–Kier alpha value is -1.85. The van der Waals surface area contributed by atoms with Crippen molar-refractivity contribution in [2.45, 2.75) is 0 Å². The number of aromatic amines is 1. The first-order chi connectivity index (χ1) is 10.2. The van der Waals surface area contributed by atoms with Gasteiger partial charge in [-0.15, -0.1) is 12.4 Å². The van der Waals surface area contributed by atoms with E-state index in [-0.39, 0.29) is 23.9 Å². The minimum absolute atomic E-state index is 0. The van der Waals surface area contributed by atoms with Crippen LogP contribution >= 0.6 is 12.4 Å². The fraction of sp³-hybridized carbons (Fsp3) is 0.375. The van der Waals surface area contributed by atoms with Gasteiger partial charge >= 0.3 is 0 Å². The number of aromatic nitrogens is 1. The predicted molar refractivity (Wildman–Crippen MR) is 87.6 cm³/mol. The second kappa shape index (κ2) is 5.74. The molecule has 0 aliphatic carbocycles. The number of pyridine rings is 1. The van der Waals surface area contributed by atoms with Gasteiger partial charge in [-0.1, -0.05) is 18.2 Å². The molecule has 5 nitrogen and oxygen atoms in total. The third-order valence-corrected chi connectivity index (χ3v) is 4.66. The first-order valence-corrected chi connectivity index (χ1v) is 7.34. The van der Waals surface area contributed by atoms with Crippen LogP contribution in [-0.2, 0) is 0 Å². The Bertz CT molecular complexity index is 761. The van der Waals surface area contributed by atoms with Crippen LogP contribution in [0.5, 0.6) is 0 Å². The molecule has 0 radical (unpaired) electrons. The molecule has 2 aromatic rings. The zero-order chi connectivity index (χ0) is 14.4. The molecule has 2 saturated heterocycles. The number of fused-ring (bicyclic) bond motifs is 2. The van der Waals surface area contributed by atoms with Gasteiger partial charge in [0.2, 0.25) is 5.56 Å². The molecule has 0 unspecified atom stereocenters. The van der Waals surface area contributed by atoms with Crippen molar-refractivity contribution in [1.82, 2.24) is 15.2 Å². The molecule has 3 heterocycles. The number of para-hydroxylation sites is 1. The molecule has 1 aromatic heterocycles. The zero-order valence-corrected chi connectivity index (χ0v) is 12.9. The molecule has 22 heavy (non-hydrogen) atoms. The third kappa shape index (κ3) is 2.40. The van der Waals surface area contributed by atoms with Crippen LogP contribution in [0.25, 0.3) is 10.9 Å². The van der Waals surface area contributed by atoms with E-state index in [2.05, 4.69) is 10.3 Å². The maximum absolute atomic E-state index is 12.8. The Labute approximate surface area is 134 Å². The number of nitrogens with one attached hydrogen (secondary N) is 2. The summed E-state index contributed by atoms with van der Waals surface area (Å²) in [4.78, 5) is 29.3. The molecule has 0 spiro atoms. The number of carbonyl (C=O) groups excluding carboxylic acids is 1. The lowest BCUT2D eigenvalue weighted by Crippen LogP contribution is -2.32. The Balaban J connectivity index is 0.00000144. The molecule has 1 aromatic carbocycles. The van der Waals surface area contributed by atoms with E-state index in [1.807, 2.05) is 29.2 Å². The van der Waals surface area contributed by atoms with Gasteiger partial charge < -0.3 is 15.2 Å². The monoisotopic (exact) mass is 319 g/mol. The summed E-state index contributed by atoms with van der Waals surface area (Å²) in [6, 6.07) is 8.89. The number of benzene rings is 1. The number of halogens is 1. The third-order valence-electron chi connectivity index (χ3n) is 4.66. The molecule has 2 aliphatic heterocycles. The van der Waals surface area contributed by atoms with Crippen LogP contribution in [0.15, 0.2) is 35.1 Å². The molecule has 116 valence electrons. The summed E-state index contributed by atoms with van der Waals surface area (Å²) in [5.74, 6) is 1.09. The van der Waals surface area contributed by atoms with Crippen molar-refractivity contribution in [2.75, 3.05) is 26.2 Å². The van der Waals surface area contributed by atoms with Gasteiger partial charge in [0.05, 0.1) is 5.56 Å². The van der Waals surface area contributed by atoms with Gasteiger partial charge in [-0.25, -0.2) is 0 Å². The van der Waals surface area contributed by atoms with E-state index in [4.69, 9.17) is 0 Å². The van der Waals surface area contributed by atoms with Gasteiger partial charge in [0, 0.05) is 43.1 Å². The van der Waals surface area contributed by atoms with Crippen molar-refractivity contribution in [1.29, 1.82) is 0 Å². The Morgan fingerprint density at radius 1 is 1.14 bits per heavy atom. The Morgan fingerprint density at radius 2 is 1.82 bits per heavy atom. The van der Waals surface area contributed by atoms with E-state index in [1.165, 1.54) is 6.07 Å².